The van der Waals surface area contributed by atoms with Crippen LogP contribution in [0.15, 0.2) is 65.6 Å². The first-order chi connectivity index (χ1) is 16.8. The molecule has 3 rings (SSSR count). The first kappa shape index (κ1) is 27.4. The molecule has 3 aromatic rings. The Morgan fingerprint density at radius 2 is 1.50 bits per heavy atom. The highest BCUT2D eigenvalue weighted by Gasteiger charge is 2.40. The van der Waals surface area contributed by atoms with Gasteiger partial charge in [0.15, 0.2) is 0 Å². The molecule has 190 valence electrons. The van der Waals surface area contributed by atoms with Gasteiger partial charge in [-0.25, -0.2) is 13.2 Å². The van der Waals surface area contributed by atoms with Crippen molar-refractivity contribution < 1.29 is 33.0 Å². The lowest BCUT2D eigenvalue weighted by Gasteiger charge is -2.33. The second-order valence-electron chi connectivity index (χ2n) is 7.99. The highest BCUT2D eigenvalue weighted by molar-refractivity contribution is 7.89. The Morgan fingerprint density at radius 1 is 0.917 bits per heavy atom. The standard InChI is InChI=1S/C24H22Cl2N2O7S/c1-14(24(32)33)28(19-8-7-15-5-3-4-6-16(15)9-19)23(31)21(13-22(29)30)27(2)36(34,35)20-11-17(25)10-18(26)12-20/h3-12,14,21H,13H2,1-2H3,(H,29,30)(H,32,33)/t14-,21-/m0/s1. The van der Waals surface area contributed by atoms with Crippen LogP contribution >= 0.6 is 23.2 Å². The molecule has 12 heteroatoms. The molecule has 2 N–H and O–H groups in total. The molecule has 0 unspecified atom stereocenters. The zero-order chi connectivity index (χ0) is 26.8. The molecule has 0 fully saturated rings. The van der Waals surface area contributed by atoms with Gasteiger partial charge in [-0.05, 0) is 48.0 Å². The van der Waals surface area contributed by atoms with Gasteiger partial charge in [-0.1, -0.05) is 53.5 Å². The van der Waals surface area contributed by atoms with Gasteiger partial charge < -0.3 is 10.2 Å². The van der Waals surface area contributed by atoms with Gasteiger partial charge in [-0.2, -0.15) is 4.31 Å². The van der Waals surface area contributed by atoms with E-state index in [4.69, 9.17) is 23.2 Å². The average molecular weight is 553 g/mol. The molecule has 0 aliphatic carbocycles. The van der Waals surface area contributed by atoms with Crippen molar-refractivity contribution in [2.75, 3.05) is 11.9 Å². The highest BCUT2D eigenvalue weighted by Crippen LogP contribution is 2.29. The monoisotopic (exact) mass is 552 g/mol. The van der Waals surface area contributed by atoms with Gasteiger partial charge in [0.05, 0.1) is 11.3 Å². The van der Waals surface area contributed by atoms with Crippen molar-refractivity contribution in [2.45, 2.75) is 30.3 Å². The summed E-state index contributed by atoms with van der Waals surface area (Å²) in [4.78, 5) is 37.9. The molecule has 3 aromatic carbocycles. The minimum Gasteiger partial charge on any atom is -0.481 e. The lowest BCUT2D eigenvalue weighted by atomic mass is 10.1. The number of carbonyl (C=O) groups excluding carboxylic acids is 1. The van der Waals surface area contributed by atoms with Gasteiger partial charge in [-0.3, -0.25) is 14.5 Å². The lowest BCUT2D eigenvalue weighted by Crippen LogP contribution is -2.54. The van der Waals surface area contributed by atoms with Gasteiger partial charge in [0.1, 0.15) is 12.1 Å². The number of carboxylic acid groups (broad SMARTS) is 2. The molecule has 0 spiro atoms. The Labute approximate surface area is 217 Å². The fourth-order valence-electron chi connectivity index (χ4n) is 3.69. The Balaban J connectivity index is 2.13. The Kier molecular flexibility index (Phi) is 8.25. The van der Waals surface area contributed by atoms with E-state index < -0.39 is 46.4 Å². The molecule has 36 heavy (non-hydrogen) atoms. The summed E-state index contributed by atoms with van der Waals surface area (Å²) < 4.78 is 27.3. The van der Waals surface area contributed by atoms with Crippen molar-refractivity contribution in [1.29, 1.82) is 0 Å². The molecule has 0 heterocycles. The van der Waals surface area contributed by atoms with Gasteiger partial charge >= 0.3 is 11.9 Å². The molecule has 2 atom stereocenters. The molecule has 9 nitrogen and oxygen atoms in total. The van der Waals surface area contributed by atoms with Gasteiger partial charge in [-0.15, -0.1) is 0 Å². The smallest absolute Gasteiger partial charge is 0.326 e. The number of benzene rings is 3. The van der Waals surface area contributed by atoms with Crippen molar-refractivity contribution in [3.8, 4) is 0 Å². The summed E-state index contributed by atoms with van der Waals surface area (Å²) in [7, 11) is -3.42. The number of hydrogen-bond donors (Lipinski definition) is 2. The zero-order valence-corrected chi connectivity index (χ0v) is 21.5. The number of amides is 1. The van der Waals surface area contributed by atoms with Crippen LogP contribution in [0, 0.1) is 0 Å². The van der Waals surface area contributed by atoms with Crippen LogP contribution in [0.1, 0.15) is 13.3 Å². The number of nitrogens with zero attached hydrogens (tertiary/aromatic N) is 2. The predicted octanol–water partition coefficient (Wildman–Crippen LogP) is 4.12. The van der Waals surface area contributed by atoms with Crippen molar-refractivity contribution in [3.05, 3.63) is 70.7 Å². The number of aliphatic carboxylic acids is 2. The zero-order valence-electron chi connectivity index (χ0n) is 19.1. The summed E-state index contributed by atoms with van der Waals surface area (Å²) in [5, 5.41) is 20.8. The minimum atomic E-state index is -4.46. The van der Waals surface area contributed by atoms with E-state index in [1.807, 2.05) is 12.1 Å². The number of halogens is 2. The first-order valence-corrected chi connectivity index (χ1v) is 12.7. The number of carboxylic acids is 2. The van der Waals surface area contributed by atoms with E-state index in [-0.39, 0.29) is 20.6 Å². The Morgan fingerprint density at radius 3 is 2.06 bits per heavy atom. The summed E-state index contributed by atoms with van der Waals surface area (Å²) in [6.07, 6.45) is -0.917. The summed E-state index contributed by atoms with van der Waals surface area (Å²) >= 11 is 11.9. The number of hydrogen-bond acceptors (Lipinski definition) is 5. The first-order valence-electron chi connectivity index (χ1n) is 10.5. The molecule has 0 saturated heterocycles. The average Bonchev–Trinajstić information content (AvgIpc) is 2.81. The lowest BCUT2D eigenvalue weighted by molar-refractivity contribution is -0.141. The quantitative estimate of drug-likeness (QED) is 0.408. The number of fused-ring (bicyclic) bond motifs is 1. The second-order valence-corrected chi connectivity index (χ2v) is 10.9. The summed E-state index contributed by atoms with van der Waals surface area (Å²) in [6, 6.07) is 12.3. The topological polar surface area (TPSA) is 132 Å². The van der Waals surface area contributed by atoms with Crippen molar-refractivity contribution in [3.63, 3.8) is 0 Å². The minimum absolute atomic E-state index is 0.0212. The number of carbonyl (C=O) groups is 3. The van der Waals surface area contributed by atoms with Gasteiger partial charge in [0.25, 0.3) is 0 Å². The summed E-state index contributed by atoms with van der Waals surface area (Å²) in [5.41, 5.74) is 0.167. The van der Waals surface area contributed by atoms with Gasteiger partial charge in [0.2, 0.25) is 15.9 Å². The molecule has 0 aromatic heterocycles. The molecule has 1 amide bonds. The van der Waals surface area contributed by atoms with Crippen LogP contribution in [0.4, 0.5) is 5.69 Å². The van der Waals surface area contributed by atoms with Crippen LogP contribution in [-0.4, -0.2) is 59.9 Å². The molecular formula is C24H22Cl2N2O7S. The van der Waals surface area contributed by atoms with Crippen molar-refractivity contribution in [2.24, 2.45) is 0 Å². The summed E-state index contributed by atoms with van der Waals surface area (Å²) in [5.74, 6) is -3.85. The molecule has 0 bridgehead atoms. The number of anilines is 1. The fraction of sp³-hybridized carbons (Fsp3) is 0.208. The summed E-state index contributed by atoms with van der Waals surface area (Å²) in [6.45, 7) is 1.25. The van der Waals surface area contributed by atoms with Crippen LogP contribution in [0.3, 0.4) is 0 Å². The number of rotatable bonds is 9. The van der Waals surface area contributed by atoms with Crippen molar-refractivity contribution in [1.82, 2.24) is 4.31 Å². The van der Waals surface area contributed by atoms with E-state index in [2.05, 4.69) is 0 Å². The maximum atomic E-state index is 13.8. The molecule has 0 radical (unpaired) electrons. The highest BCUT2D eigenvalue weighted by atomic mass is 35.5. The van der Waals surface area contributed by atoms with Crippen LogP contribution in [-0.2, 0) is 24.4 Å². The molecule has 0 saturated carbocycles. The number of sulfonamides is 1. The third-order valence-electron chi connectivity index (χ3n) is 5.60. The van der Waals surface area contributed by atoms with E-state index in [0.717, 1.165) is 29.5 Å². The second kappa shape index (κ2) is 10.8. The van der Waals surface area contributed by atoms with E-state index in [9.17, 15) is 33.0 Å². The molecular weight excluding hydrogens is 531 g/mol. The third-order valence-corrected chi connectivity index (χ3v) is 7.88. The van der Waals surface area contributed by atoms with E-state index in [0.29, 0.717) is 9.69 Å². The largest absolute Gasteiger partial charge is 0.481 e. The van der Waals surface area contributed by atoms with Crippen LogP contribution in [0.5, 0.6) is 0 Å². The van der Waals surface area contributed by atoms with E-state index >= 15 is 0 Å². The molecule has 0 aliphatic rings. The van der Waals surface area contributed by atoms with Crippen LogP contribution in [0.2, 0.25) is 10.0 Å². The van der Waals surface area contributed by atoms with E-state index in [1.54, 1.807) is 24.3 Å². The van der Waals surface area contributed by atoms with E-state index in [1.165, 1.54) is 19.1 Å². The molecule has 0 aliphatic heterocycles. The van der Waals surface area contributed by atoms with Gasteiger partial charge in [0, 0.05) is 22.8 Å². The third kappa shape index (κ3) is 5.79. The van der Waals surface area contributed by atoms with Crippen molar-refractivity contribution >= 4 is 67.5 Å². The predicted molar refractivity (Wildman–Crippen MR) is 136 cm³/mol. The Hall–Kier alpha value is -3.18. The van der Waals surface area contributed by atoms with Crippen LogP contribution < -0.4 is 4.90 Å². The maximum Gasteiger partial charge on any atom is 0.326 e. The number of likely N-dealkylation sites (N-methyl/N-ethyl adjacent to an activating group) is 1. The SMILES string of the molecule is C[C@@H](C(=O)O)N(C(=O)[C@H](CC(=O)O)N(C)S(=O)(=O)c1cc(Cl)cc(Cl)c1)c1ccc2ccccc2c1. The Bertz CT molecular complexity index is 1430. The fourth-order valence-corrected chi connectivity index (χ4v) is 5.73. The normalized spacial score (nSPS) is 13.4. The maximum absolute atomic E-state index is 13.8. The van der Waals surface area contributed by atoms with Crippen LogP contribution in [0.25, 0.3) is 10.8 Å².